The number of alkyl halides is 2. The zero-order chi connectivity index (χ0) is 91.0. The molecule has 6 aliphatic heterocycles. The summed E-state index contributed by atoms with van der Waals surface area (Å²) >= 11 is 6.03. The number of carbonyl (C=O) groups is 2. The molecule has 688 valence electrons. The lowest BCUT2D eigenvalue weighted by Crippen LogP contribution is -2.42. The van der Waals surface area contributed by atoms with Crippen molar-refractivity contribution < 1.29 is 131 Å². The summed E-state index contributed by atoms with van der Waals surface area (Å²) in [5.74, 6) is -1.15. The lowest BCUT2D eigenvalue weighted by atomic mass is 10.1. The van der Waals surface area contributed by atoms with Crippen LogP contribution in [-0.4, -0.2) is 217 Å². The minimum absolute atomic E-state index is 0.0360. The highest BCUT2D eigenvalue weighted by Crippen LogP contribution is 2.56. The van der Waals surface area contributed by atoms with Crippen LogP contribution >= 0.6 is 71.0 Å². The second-order valence-electron chi connectivity index (χ2n) is 29.3. The Labute approximate surface area is 714 Å². The quantitative estimate of drug-likeness (QED) is 0.0146. The highest BCUT2D eigenvalue weighted by molar-refractivity contribution is 9.09. The molecule has 54 nitrogen and oxygen atoms in total. The van der Waals surface area contributed by atoms with E-state index in [0.29, 0.717) is 0 Å². The van der Waals surface area contributed by atoms with Crippen LogP contribution in [0.4, 0.5) is 0 Å². The molecule has 125 heavy (non-hydrogen) atoms. The molecule has 6 saturated heterocycles. The predicted molar refractivity (Wildman–Crippen MR) is 423 cm³/mol. The van der Waals surface area contributed by atoms with Crippen LogP contribution in [0, 0.1) is 41.5 Å². The van der Waals surface area contributed by atoms with E-state index in [4.69, 9.17) is 73.7 Å². The molecule has 61 heteroatoms. The molecule has 6 aliphatic rings. The first-order valence-corrected chi connectivity index (χ1v) is 47.2. The number of nitrogens with one attached hydrogen (secondary N) is 8. The van der Waals surface area contributed by atoms with Gasteiger partial charge in [-0.3, -0.25) is 141 Å². The van der Waals surface area contributed by atoms with Crippen LogP contribution in [0.3, 0.4) is 0 Å². The van der Waals surface area contributed by atoms with Crippen molar-refractivity contribution in [2.75, 3.05) is 50.2 Å². The summed E-state index contributed by atoms with van der Waals surface area (Å²) in [6.07, 6.45) is -24.1. The predicted octanol–water partition coefficient (Wildman–Crippen LogP) is -2.24. The number of phosphoric acid groups is 5. The Hall–Kier alpha value is -7.71. The number of nitrogens with zero attached hydrogens (tertiary/aromatic N) is 6. The van der Waals surface area contributed by atoms with E-state index in [1.54, 1.807) is 0 Å². The molecule has 0 saturated carbocycles. The lowest BCUT2D eigenvalue weighted by molar-refractivity contribution is -0.120. The molecule has 23 atom stereocenters. The topological polar surface area (TPSA) is 722 Å². The van der Waals surface area contributed by atoms with Gasteiger partial charge in [0.15, 0.2) is 0 Å². The fourth-order valence-electron chi connectivity index (χ4n) is 14.1. The summed E-state index contributed by atoms with van der Waals surface area (Å²) in [5.41, 5.74) is -11.0. The fourth-order valence-corrected chi connectivity index (χ4v) is 19.2. The van der Waals surface area contributed by atoms with Gasteiger partial charge in [-0.05, 0) is 41.5 Å². The standard InChI is InChI=1S/C64H83Br2N14O40P5/c1-27-16-75(59(89)69-53(27)83)47-7-33(68-46(82)14-66)40(111-47)22-105-121(95,96)117-35-9-49(77-18-29(3)55(85)71-61(77)91)113-42(35)24-107-123(99,100)119-37-11-51(79-20-31(5)57(87)73-63(79)93)115-44(37)26-109-125(103,104)120-38-12-52(80-21-32(6)58(88)74-64(80)94)114-43(38)25-108-124(101,102)118-36-10-50(78-19-30(4)56(86)72-62(78)92)112-41(36)23-106-122(97,98)116-34-8-48(110-39(34)15-67-45(81)13-65)76-17-28(2)54(84)70-60(76)90/h16-21,33-44,47-52H,7-15,22-26H2,1-6H3,(H,67,81)(H,68,82)(H,95,96)(H,97,98)(H,99,100)(H,101,102)(H,103,104)(H,69,83,89)(H,70,84,90)(H,71,85,91)(H,72,86,92)(H,73,87,93)(H,74,88,94). The number of halogens is 2. The minimum Gasteiger partial charge on any atom is -0.353 e. The summed E-state index contributed by atoms with van der Waals surface area (Å²) in [5, 5.41) is 4.73. The van der Waals surface area contributed by atoms with Gasteiger partial charge in [0.1, 0.15) is 105 Å². The third-order valence-electron chi connectivity index (χ3n) is 20.3. The molecule has 6 aromatic heterocycles. The number of hydrogen-bond acceptors (Lipinski definition) is 35. The number of aromatic nitrogens is 12. The average molecular weight is 2000 g/mol. The van der Waals surface area contributed by atoms with Crippen molar-refractivity contribution in [3.63, 3.8) is 0 Å². The van der Waals surface area contributed by atoms with E-state index in [9.17, 15) is 114 Å². The van der Waals surface area contributed by atoms with Crippen molar-refractivity contribution in [2.24, 2.45) is 0 Å². The van der Waals surface area contributed by atoms with Gasteiger partial charge >= 0.3 is 73.3 Å². The molecule has 23 unspecified atom stereocenters. The molecule has 13 N–H and O–H groups in total. The smallest absolute Gasteiger partial charge is 0.353 e. The van der Waals surface area contributed by atoms with Crippen molar-refractivity contribution in [2.45, 2.75) is 191 Å². The molecular formula is C64H83Br2N14O40P5. The minimum atomic E-state index is -5.74. The van der Waals surface area contributed by atoms with Gasteiger partial charge < -0.3 is 63.5 Å². The maximum atomic E-state index is 14.4. The van der Waals surface area contributed by atoms with Crippen LogP contribution in [0.15, 0.2) is 94.7 Å². The van der Waals surface area contributed by atoms with Crippen LogP contribution in [0.1, 0.15) is 109 Å². The SMILES string of the molecule is Cc1cn(C2CC(NC(=O)CBr)C(COP(=O)(O)OC3CC(n4cc(C)c(=O)[nH]c4=O)OC3COP(=O)(O)OC3CC(n4cc(C)c(=O)[nH]c4=O)OC3COP(=O)(O)OC3CC(n4cc(C)c(=O)[nH]c4=O)OC3COP(=O)(O)OC3CC(n4cc(C)c(=O)[nH]c4=O)OC3COP(=O)(O)OC3CC(n4cc(C)c(=O)[nH]c4=O)OC3CNC(=O)CBr)O2)c(=O)[nH]c1=O. The third-order valence-corrected chi connectivity index (χ3v) is 26.4. The summed E-state index contributed by atoms with van der Waals surface area (Å²) in [6.45, 7) is 2.08. The van der Waals surface area contributed by atoms with Crippen molar-refractivity contribution in [3.8, 4) is 0 Å². The Bertz CT molecular complexity index is 6120. The Morgan fingerprint density at radius 3 is 0.776 bits per heavy atom. The Kier molecular flexibility index (Phi) is 30.3. The van der Waals surface area contributed by atoms with Gasteiger partial charge in [-0.15, -0.1) is 0 Å². The van der Waals surface area contributed by atoms with Gasteiger partial charge in [0.25, 0.3) is 33.4 Å². The van der Waals surface area contributed by atoms with E-state index in [1.807, 2.05) is 9.97 Å². The molecule has 12 rings (SSSR count). The van der Waals surface area contributed by atoms with Crippen LogP contribution in [-0.2, 0) is 106 Å². The van der Waals surface area contributed by atoms with E-state index < -0.39 is 288 Å². The number of amides is 2. The number of aromatic amines is 6. The summed E-state index contributed by atoms with van der Waals surface area (Å²) in [6, 6.07) is -1.02. The molecule has 0 radical (unpaired) electrons. The van der Waals surface area contributed by atoms with Crippen molar-refractivity contribution in [1.82, 2.24) is 67.9 Å². The zero-order valence-electron chi connectivity index (χ0n) is 66.0. The van der Waals surface area contributed by atoms with Gasteiger partial charge in [0.2, 0.25) is 11.8 Å². The highest BCUT2D eigenvalue weighted by atomic mass is 79.9. The van der Waals surface area contributed by atoms with Gasteiger partial charge in [-0.25, -0.2) is 51.6 Å². The number of H-pyrrole nitrogens is 6. The van der Waals surface area contributed by atoms with Crippen molar-refractivity contribution in [3.05, 3.63) is 196 Å². The first kappa shape index (κ1) is 96.4. The van der Waals surface area contributed by atoms with Crippen LogP contribution < -0.4 is 78.1 Å². The number of rotatable bonds is 36. The van der Waals surface area contributed by atoms with E-state index >= 15 is 0 Å². The van der Waals surface area contributed by atoms with E-state index in [1.165, 1.54) is 47.7 Å². The second kappa shape index (κ2) is 39.3. The fraction of sp³-hybridized carbons (Fsp3) is 0.594. The number of ether oxygens (including phenoxy) is 6. The molecule has 0 bridgehead atoms. The van der Waals surface area contributed by atoms with Crippen molar-refractivity contribution >= 4 is 82.8 Å². The first-order valence-electron chi connectivity index (χ1n) is 37.5. The molecule has 0 spiro atoms. The maximum absolute atomic E-state index is 14.4. The van der Waals surface area contributed by atoms with E-state index in [0.717, 1.165) is 58.4 Å². The molecular weight excluding hydrogens is 1920 g/mol. The summed E-state index contributed by atoms with van der Waals surface area (Å²) in [4.78, 5) is 248. The summed E-state index contributed by atoms with van der Waals surface area (Å²) in [7, 11) is -27.9. The normalized spacial score (nSPS) is 28.7. The Morgan fingerprint density at radius 1 is 0.344 bits per heavy atom. The number of carbonyl (C=O) groups excluding carboxylic acids is 2. The zero-order valence-corrected chi connectivity index (χ0v) is 73.6. The Balaban J connectivity index is 0.747. The lowest BCUT2D eigenvalue weighted by Gasteiger charge is -2.26. The molecule has 0 aromatic carbocycles. The number of hydrogen-bond donors (Lipinski definition) is 13. The molecule has 6 fully saturated rings. The van der Waals surface area contributed by atoms with Crippen LogP contribution in [0.5, 0.6) is 0 Å². The van der Waals surface area contributed by atoms with E-state index in [2.05, 4.69) is 62.4 Å². The molecule has 6 aromatic rings. The largest absolute Gasteiger partial charge is 0.472 e. The molecule has 0 aliphatic carbocycles. The average Bonchev–Trinajstić information content (AvgIpc) is 1.68. The third kappa shape index (κ3) is 23.9. The first-order chi connectivity index (χ1) is 58.6. The number of phosphoric ester groups is 5. The van der Waals surface area contributed by atoms with Crippen molar-refractivity contribution in [1.29, 1.82) is 0 Å². The summed E-state index contributed by atoms with van der Waals surface area (Å²) < 4.78 is 167. The Morgan fingerprint density at radius 2 is 0.544 bits per heavy atom. The molecule has 12 heterocycles. The molecule has 2 amide bonds. The van der Waals surface area contributed by atoms with Crippen LogP contribution in [0.2, 0.25) is 0 Å². The van der Waals surface area contributed by atoms with E-state index in [-0.39, 0.29) is 63.4 Å². The van der Waals surface area contributed by atoms with Gasteiger partial charge in [-0.1, -0.05) is 31.9 Å². The van der Waals surface area contributed by atoms with Gasteiger partial charge in [0.05, 0.1) is 49.7 Å². The van der Waals surface area contributed by atoms with Gasteiger partial charge in [-0.2, -0.15) is 0 Å². The highest BCUT2D eigenvalue weighted by Gasteiger charge is 2.52. The monoisotopic (exact) mass is 2000 g/mol. The second-order valence-corrected chi connectivity index (χ2v) is 37.5. The maximum Gasteiger partial charge on any atom is 0.472 e. The number of aryl methyl sites for hydroxylation is 6. The van der Waals surface area contributed by atoms with Crippen LogP contribution in [0.25, 0.3) is 0 Å². The van der Waals surface area contributed by atoms with Gasteiger partial charge in [0, 0.05) is 116 Å².